The molecule has 3 rings (SSSR count). The fourth-order valence-corrected chi connectivity index (χ4v) is 3.55. The number of hydrogen-bond acceptors (Lipinski definition) is 5. The number of nitrogens with zero attached hydrogens (tertiary/aromatic N) is 2. The minimum absolute atomic E-state index is 0.0776. The highest BCUT2D eigenvalue weighted by molar-refractivity contribution is 7.91. The Bertz CT molecular complexity index is 656. The van der Waals surface area contributed by atoms with Crippen LogP contribution in [0.2, 0.25) is 0 Å². The van der Waals surface area contributed by atoms with Gasteiger partial charge in [-0.3, -0.25) is 4.90 Å². The zero-order chi connectivity index (χ0) is 14.0. The number of aromatic amines is 1. The molecule has 0 unspecified atom stereocenters. The third-order valence-corrected chi connectivity index (χ3v) is 5.05. The van der Waals surface area contributed by atoms with Gasteiger partial charge in [-0.25, -0.2) is 13.4 Å². The second-order valence-corrected chi connectivity index (χ2v) is 6.99. The van der Waals surface area contributed by atoms with Crippen molar-refractivity contribution in [1.29, 1.82) is 0 Å². The predicted molar refractivity (Wildman–Crippen MR) is 77.5 cm³/mol. The summed E-state index contributed by atoms with van der Waals surface area (Å²) in [5.41, 5.74) is 1.45. The van der Waals surface area contributed by atoms with E-state index in [0.29, 0.717) is 12.1 Å². The fourth-order valence-electron chi connectivity index (χ4n) is 2.36. The predicted octanol–water partition coefficient (Wildman–Crippen LogP) is 0.242. The van der Waals surface area contributed by atoms with Gasteiger partial charge in [0.05, 0.1) is 16.8 Å². The Kier molecular flexibility index (Phi) is 3.73. The Morgan fingerprint density at radius 2 is 1.95 bits per heavy atom. The van der Waals surface area contributed by atoms with E-state index in [9.17, 15) is 8.42 Å². The normalized spacial score (nSPS) is 17.6. The first-order chi connectivity index (χ1) is 9.65. The molecule has 7 heteroatoms. The quantitative estimate of drug-likeness (QED) is 0.845. The number of hydrogen-bond donors (Lipinski definition) is 2. The van der Waals surface area contributed by atoms with Gasteiger partial charge in [0, 0.05) is 32.7 Å². The summed E-state index contributed by atoms with van der Waals surface area (Å²) in [6.07, 6.45) is 0. The lowest BCUT2D eigenvalue weighted by molar-refractivity contribution is 0.254. The molecule has 0 saturated carbocycles. The van der Waals surface area contributed by atoms with Crippen LogP contribution in [0.3, 0.4) is 0 Å². The number of piperazine rings is 1. The van der Waals surface area contributed by atoms with E-state index in [2.05, 4.69) is 20.2 Å². The number of aromatic nitrogens is 2. The summed E-state index contributed by atoms with van der Waals surface area (Å²) in [5.74, 6) is 0.104. The number of rotatable bonds is 4. The summed E-state index contributed by atoms with van der Waals surface area (Å²) in [4.78, 5) is 9.23. The van der Waals surface area contributed by atoms with Crippen LogP contribution in [0.25, 0.3) is 11.0 Å². The maximum Gasteiger partial charge on any atom is 0.226 e. The number of sulfone groups is 1. The summed E-state index contributed by atoms with van der Waals surface area (Å²) in [6, 6.07) is 7.34. The lowest BCUT2D eigenvalue weighted by Crippen LogP contribution is -2.45. The van der Waals surface area contributed by atoms with E-state index in [-0.39, 0.29) is 10.9 Å². The van der Waals surface area contributed by atoms with Crippen molar-refractivity contribution >= 4 is 20.9 Å². The molecule has 2 heterocycles. The van der Waals surface area contributed by atoms with Crippen molar-refractivity contribution in [3.63, 3.8) is 0 Å². The van der Waals surface area contributed by atoms with Gasteiger partial charge >= 0.3 is 0 Å². The van der Waals surface area contributed by atoms with Crippen LogP contribution in [0.1, 0.15) is 0 Å². The van der Waals surface area contributed by atoms with E-state index in [1.165, 1.54) is 0 Å². The zero-order valence-electron chi connectivity index (χ0n) is 11.2. The Hall–Kier alpha value is -1.44. The van der Waals surface area contributed by atoms with Gasteiger partial charge in [0.2, 0.25) is 15.0 Å². The van der Waals surface area contributed by atoms with Crippen LogP contribution in [-0.2, 0) is 9.84 Å². The summed E-state index contributed by atoms with van der Waals surface area (Å²) >= 11 is 0. The molecule has 1 aromatic carbocycles. The third kappa shape index (κ3) is 2.84. The van der Waals surface area contributed by atoms with E-state index in [1.807, 2.05) is 18.2 Å². The standard InChI is InChI=1S/C13H18N4O2S/c18-20(19,10-9-17-7-5-14-6-8-17)13-15-11-3-1-2-4-12(11)16-13/h1-4,14H,5-10H2,(H,15,16). The highest BCUT2D eigenvalue weighted by Crippen LogP contribution is 2.15. The summed E-state index contributed by atoms with van der Waals surface area (Å²) in [5, 5.41) is 3.33. The van der Waals surface area contributed by atoms with Crippen LogP contribution in [0.5, 0.6) is 0 Å². The highest BCUT2D eigenvalue weighted by Gasteiger charge is 2.21. The van der Waals surface area contributed by atoms with Crippen LogP contribution >= 0.6 is 0 Å². The smallest absolute Gasteiger partial charge is 0.226 e. The van der Waals surface area contributed by atoms with Gasteiger partial charge in [0.25, 0.3) is 0 Å². The molecule has 2 aromatic rings. The summed E-state index contributed by atoms with van der Waals surface area (Å²) < 4.78 is 24.6. The van der Waals surface area contributed by atoms with Crippen molar-refractivity contribution in [2.45, 2.75) is 5.16 Å². The van der Waals surface area contributed by atoms with Gasteiger partial charge in [0.15, 0.2) is 0 Å². The second kappa shape index (κ2) is 5.51. The summed E-state index contributed by atoms with van der Waals surface area (Å²) in [7, 11) is -3.35. The first-order valence-electron chi connectivity index (χ1n) is 6.76. The lowest BCUT2D eigenvalue weighted by Gasteiger charge is -2.26. The largest absolute Gasteiger partial charge is 0.329 e. The molecule has 0 bridgehead atoms. The molecule has 0 aliphatic carbocycles. The number of nitrogens with one attached hydrogen (secondary N) is 2. The fraction of sp³-hybridized carbons (Fsp3) is 0.462. The van der Waals surface area contributed by atoms with Crippen LogP contribution in [-0.4, -0.2) is 61.8 Å². The maximum absolute atomic E-state index is 12.3. The molecule has 0 spiro atoms. The molecule has 0 radical (unpaired) electrons. The lowest BCUT2D eigenvalue weighted by atomic mass is 10.3. The van der Waals surface area contributed by atoms with E-state index in [1.54, 1.807) is 6.07 Å². The molecular weight excluding hydrogens is 276 g/mol. The van der Waals surface area contributed by atoms with Crippen LogP contribution in [0.15, 0.2) is 29.4 Å². The van der Waals surface area contributed by atoms with Gasteiger partial charge in [-0.1, -0.05) is 12.1 Å². The monoisotopic (exact) mass is 294 g/mol. The Morgan fingerprint density at radius 3 is 2.70 bits per heavy atom. The Labute approximate surface area is 118 Å². The van der Waals surface area contributed by atoms with Crippen LogP contribution in [0.4, 0.5) is 0 Å². The number of benzene rings is 1. The Morgan fingerprint density at radius 1 is 1.20 bits per heavy atom. The molecule has 1 fully saturated rings. The van der Waals surface area contributed by atoms with Crippen LogP contribution in [0, 0.1) is 0 Å². The number of para-hydroxylation sites is 2. The third-order valence-electron chi connectivity index (χ3n) is 3.55. The van der Waals surface area contributed by atoms with Crippen molar-refractivity contribution < 1.29 is 8.42 Å². The molecule has 20 heavy (non-hydrogen) atoms. The van der Waals surface area contributed by atoms with Gasteiger partial charge in [-0.05, 0) is 12.1 Å². The van der Waals surface area contributed by atoms with Gasteiger partial charge in [-0.15, -0.1) is 0 Å². The molecule has 1 saturated heterocycles. The van der Waals surface area contributed by atoms with Crippen LogP contribution < -0.4 is 5.32 Å². The molecule has 1 aliphatic heterocycles. The first-order valence-corrected chi connectivity index (χ1v) is 8.41. The number of H-pyrrole nitrogens is 1. The SMILES string of the molecule is O=S(=O)(CCN1CCNCC1)c1nc2ccccc2[nH]1. The van der Waals surface area contributed by atoms with Gasteiger partial charge < -0.3 is 10.3 Å². The molecule has 6 nitrogen and oxygen atoms in total. The van der Waals surface area contributed by atoms with Crippen molar-refractivity contribution in [3.8, 4) is 0 Å². The van der Waals surface area contributed by atoms with E-state index >= 15 is 0 Å². The van der Waals surface area contributed by atoms with E-state index in [0.717, 1.165) is 31.7 Å². The van der Waals surface area contributed by atoms with Crippen molar-refractivity contribution in [2.75, 3.05) is 38.5 Å². The maximum atomic E-state index is 12.3. The minimum atomic E-state index is -3.35. The molecule has 0 amide bonds. The van der Waals surface area contributed by atoms with E-state index in [4.69, 9.17) is 0 Å². The van der Waals surface area contributed by atoms with E-state index < -0.39 is 9.84 Å². The highest BCUT2D eigenvalue weighted by atomic mass is 32.2. The topological polar surface area (TPSA) is 78.1 Å². The molecular formula is C13H18N4O2S. The van der Waals surface area contributed by atoms with Gasteiger partial charge in [0.1, 0.15) is 0 Å². The van der Waals surface area contributed by atoms with Crippen molar-refractivity contribution in [3.05, 3.63) is 24.3 Å². The molecule has 1 aromatic heterocycles. The average Bonchev–Trinajstić information content (AvgIpc) is 2.91. The zero-order valence-corrected chi connectivity index (χ0v) is 12.0. The average molecular weight is 294 g/mol. The Balaban J connectivity index is 1.73. The molecule has 1 aliphatic rings. The van der Waals surface area contributed by atoms with Gasteiger partial charge in [-0.2, -0.15) is 0 Å². The second-order valence-electron chi connectivity index (χ2n) is 4.97. The van der Waals surface area contributed by atoms with Crippen molar-refractivity contribution in [1.82, 2.24) is 20.2 Å². The number of imidazole rings is 1. The molecule has 2 N–H and O–H groups in total. The first kappa shape index (κ1) is 13.5. The van der Waals surface area contributed by atoms with Crippen molar-refractivity contribution in [2.24, 2.45) is 0 Å². The molecule has 108 valence electrons. The minimum Gasteiger partial charge on any atom is -0.329 e. The molecule has 0 atom stereocenters. The number of fused-ring (bicyclic) bond motifs is 1. The summed E-state index contributed by atoms with van der Waals surface area (Å²) in [6.45, 7) is 4.20.